The van der Waals surface area contributed by atoms with Crippen molar-refractivity contribution in [3.8, 4) is 17.2 Å². The van der Waals surface area contributed by atoms with E-state index in [0.29, 0.717) is 17.3 Å². The molecule has 0 amide bonds. The van der Waals surface area contributed by atoms with Crippen molar-refractivity contribution in [3.63, 3.8) is 0 Å². The second kappa shape index (κ2) is 9.99. The number of aliphatic hydroxyl groups is 1. The molecule has 1 heterocycles. The minimum Gasteiger partial charge on any atom is -0.493 e. The van der Waals surface area contributed by atoms with Crippen LogP contribution in [0.25, 0.3) is 5.69 Å². The Morgan fingerprint density at radius 3 is 2.62 bits per heavy atom. The van der Waals surface area contributed by atoms with Gasteiger partial charge in [-0.15, -0.1) is 5.10 Å². The van der Waals surface area contributed by atoms with E-state index in [2.05, 4.69) is 27.8 Å². The standard InChI is InChI=1S/C21H27N5O3/c1-4-17(13-27)22-12-16-7-10-19(20(11-16)28-3)29-14-21-23-24-25-26(21)18-8-5-15(2)6-9-18/h5-11,17,22,27H,4,12-14H2,1-3H3/p+1/t17-/m0/s1. The van der Waals surface area contributed by atoms with Gasteiger partial charge in [0.15, 0.2) is 23.9 Å². The lowest BCUT2D eigenvalue weighted by Gasteiger charge is -2.14. The highest BCUT2D eigenvalue weighted by Crippen LogP contribution is 2.28. The highest BCUT2D eigenvalue weighted by molar-refractivity contribution is 5.43. The molecule has 0 aliphatic heterocycles. The van der Waals surface area contributed by atoms with Gasteiger partial charge in [0, 0.05) is 5.56 Å². The molecule has 1 aromatic heterocycles. The monoisotopic (exact) mass is 398 g/mol. The lowest BCUT2D eigenvalue weighted by molar-refractivity contribution is -0.706. The molecule has 2 aromatic carbocycles. The van der Waals surface area contributed by atoms with Crippen molar-refractivity contribution in [1.82, 2.24) is 20.2 Å². The fraction of sp³-hybridized carbons (Fsp3) is 0.381. The summed E-state index contributed by atoms with van der Waals surface area (Å²) in [4.78, 5) is 0. The van der Waals surface area contributed by atoms with Crippen LogP contribution in [0.15, 0.2) is 42.5 Å². The Hall–Kier alpha value is -2.97. The van der Waals surface area contributed by atoms with E-state index in [1.165, 1.54) is 5.56 Å². The van der Waals surface area contributed by atoms with Gasteiger partial charge in [-0.05, 0) is 54.1 Å². The van der Waals surface area contributed by atoms with Crippen LogP contribution in [0.3, 0.4) is 0 Å². The average molecular weight is 398 g/mol. The van der Waals surface area contributed by atoms with Crippen LogP contribution >= 0.6 is 0 Å². The van der Waals surface area contributed by atoms with Crippen molar-refractivity contribution in [2.24, 2.45) is 0 Å². The van der Waals surface area contributed by atoms with Crippen LogP contribution in [0, 0.1) is 6.92 Å². The molecule has 3 aromatic rings. The summed E-state index contributed by atoms with van der Waals surface area (Å²) in [6.45, 7) is 5.25. The van der Waals surface area contributed by atoms with E-state index in [9.17, 15) is 5.11 Å². The van der Waals surface area contributed by atoms with Crippen LogP contribution in [0.1, 0.15) is 30.3 Å². The topological polar surface area (TPSA) is 98.9 Å². The number of aromatic nitrogens is 4. The van der Waals surface area contributed by atoms with Crippen LogP contribution in [0.5, 0.6) is 11.5 Å². The van der Waals surface area contributed by atoms with E-state index >= 15 is 0 Å². The molecule has 1 atom stereocenters. The van der Waals surface area contributed by atoms with Crippen molar-refractivity contribution in [2.75, 3.05) is 13.7 Å². The molecule has 8 heteroatoms. The number of nitrogens with zero attached hydrogens (tertiary/aromatic N) is 4. The largest absolute Gasteiger partial charge is 0.493 e. The van der Waals surface area contributed by atoms with Crippen molar-refractivity contribution < 1.29 is 19.9 Å². The van der Waals surface area contributed by atoms with Crippen LogP contribution in [-0.4, -0.2) is 45.1 Å². The molecular formula is C21H28N5O3+. The normalized spacial score (nSPS) is 12.0. The minimum atomic E-state index is 0.171. The smallest absolute Gasteiger partial charge is 0.194 e. The summed E-state index contributed by atoms with van der Waals surface area (Å²) in [7, 11) is 1.62. The summed E-state index contributed by atoms with van der Waals surface area (Å²) in [5.74, 6) is 1.88. The predicted molar refractivity (Wildman–Crippen MR) is 108 cm³/mol. The summed E-state index contributed by atoms with van der Waals surface area (Å²) >= 11 is 0. The zero-order chi connectivity index (χ0) is 20.6. The van der Waals surface area contributed by atoms with Gasteiger partial charge in [-0.25, -0.2) is 0 Å². The molecule has 0 unspecified atom stereocenters. The molecule has 0 radical (unpaired) electrons. The third-order valence-corrected chi connectivity index (χ3v) is 4.84. The summed E-state index contributed by atoms with van der Waals surface area (Å²) < 4.78 is 13.1. The van der Waals surface area contributed by atoms with E-state index in [-0.39, 0.29) is 19.3 Å². The zero-order valence-corrected chi connectivity index (χ0v) is 17.1. The molecule has 0 bridgehead atoms. The number of tetrazole rings is 1. The molecule has 3 rings (SSSR count). The van der Waals surface area contributed by atoms with Gasteiger partial charge in [-0.2, -0.15) is 4.68 Å². The maximum atomic E-state index is 9.33. The highest BCUT2D eigenvalue weighted by Gasteiger charge is 2.13. The zero-order valence-electron chi connectivity index (χ0n) is 17.1. The Morgan fingerprint density at radius 2 is 1.93 bits per heavy atom. The predicted octanol–water partition coefficient (Wildman–Crippen LogP) is 1.39. The number of rotatable bonds is 10. The van der Waals surface area contributed by atoms with Crippen molar-refractivity contribution in [1.29, 1.82) is 0 Å². The molecule has 0 saturated carbocycles. The number of methoxy groups -OCH3 is 1. The second-order valence-corrected chi connectivity index (χ2v) is 6.91. The van der Waals surface area contributed by atoms with Gasteiger partial charge < -0.3 is 19.9 Å². The number of aryl methyl sites for hydroxylation is 1. The fourth-order valence-corrected chi connectivity index (χ4v) is 2.96. The number of hydrogen-bond acceptors (Lipinski definition) is 6. The molecule has 0 aliphatic carbocycles. The Labute approximate surface area is 170 Å². The molecule has 0 spiro atoms. The lowest BCUT2D eigenvalue weighted by Crippen LogP contribution is -2.89. The molecule has 8 nitrogen and oxygen atoms in total. The van der Waals surface area contributed by atoms with E-state index in [1.807, 2.05) is 49.4 Å². The van der Waals surface area contributed by atoms with Crippen molar-refractivity contribution in [3.05, 3.63) is 59.4 Å². The summed E-state index contributed by atoms with van der Waals surface area (Å²) in [5, 5.41) is 23.4. The molecule has 0 saturated heterocycles. The number of ether oxygens (including phenoxy) is 2. The third kappa shape index (κ3) is 5.30. The number of benzene rings is 2. The minimum absolute atomic E-state index is 0.171. The van der Waals surface area contributed by atoms with Gasteiger partial charge in [-0.3, -0.25) is 0 Å². The first-order chi connectivity index (χ1) is 14.1. The fourth-order valence-electron chi connectivity index (χ4n) is 2.96. The first-order valence-electron chi connectivity index (χ1n) is 9.72. The van der Waals surface area contributed by atoms with Crippen LogP contribution in [0.2, 0.25) is 0 Å². The van der Waals surface area contributed by atoms with Gasteiger partial charge in [0.1, 0.15) is 12.6 Å². The Morgan fingerprint density at radius 1 is 1.14 bits per heavy atom. The Kier molecular flexibility index (Phi) is 7.15. The number of quaternary nitrogens is 1. The summed E-state index contributed by atoms with van der Waals surface area (Å²) in [5.41, 5.74) is 3.16. The quantitative estimate of drug-likeness (QED) is 0.536. The van der Waals surface area contributed by atoms with Crippen molar-refractivity contribution in [2.45, 2.75) is 39.5 Å². The molecule has 154 valence electrons. The first-order valence-corrected chi connectivity index (χ1v) is 9.72. The van der Waals surface area contributed by atoms with Crippen molar-refractivity contribution >= 4 is 0 Å². The number of aliphatic hydroxyl groups excluding tert-OH is 1. The molecule has 0 fully saturated rings. The van der Waals surface area contributed by atoms with E-state index in [1.54, 1.807) is 11.8 Å². The maximum Gasteiger partial charge on any atom is 0.194 e. The SMILES string of the molecule is CC[C@@H](CO)[NH2+]Cc1ccc(OCc2nnnn2-c2ccc(C)cc2)c(OC)c1. The number of hydrogen-bond donors (Lipinski definition) is 2. The van der Waals surface area contributed by atoms with Crippen LogP contribution < -0.4 is 14.8 Å². The summed E-state index contributed by atoms with van der Waals surface area (Å²) in [6.07, 6.45) is 0.921. The molecule has 29 heavy (non-hydrogen) atoms. The Balaban J connectivity index is 1.68. The molecule has 0 aliphatic rings. The lowest BCUT2D eigenvalue weighted by atomic mass is 10.1. The van der Waals surface area contributed by atoms with Crippen LogP contribution in [0.4, 0.5) is 0 Å². The van der Waals surface area contributed by atoms with Gasteiger partial charge in [0.05, 0.1) is 19.4 Å². The van der Waals surface area contributed by atoms with Gasteiger partial charge in [-0.1, -0.05) is 24.6 Å². The van der Waals surface area contributed by atoms with E-state index in [4.69, 9.17) is 9.47 Å². The molecular weight excluding hydrogens is 370 g/mol. The highest BCUT2D eigenvalue weighted by atomic mass is 16.5. The van der Waals surface area contributed by atoms with Gasteiger partial charge in [0.2, 0.25) is 0 Å². The Bertz CT molecular complexity index is 907. The third-order valence-electron chi connectivity index (χ3n) is 4.84. The maximum absolute atomic E-state index is 9.33. The average Bonchev–Trinajstić information content (AvgIpc) is 3.22. The van der Waals surface area contributed by atoms with Crippen LogP contribution in [-0.2, 0) is 13.2 Å². The van der Waals surface area contributed by atoms with E-state index in [0.717, 1.165) is 24.2 Å². The second-order valence-electron chi connectivity index (χ2n) is 6.91. The molecule has 3 N–H and O–H groups in total. The van der Waals surface area contributed by atoms with E-state index < -0.39 is 0 Å². The first kappa shape index (κ1) is 20.8. The van der Waals surface area contributed by atoms with Gasteiger partial charge in [0.25, 0.3) is 0 Å². The number of nitrogens with two attached hydrogens (primary N) is 1. The van der Waals surface area contributed by atoms with Gasteiger partial charge >= 0.3 is 0 Å². The summed E-state index contributed by atoms with van der Waals surface area (Å²) in [6, 6.07) is 14.0.